The number of aliphatic hydroxyl groups is 1. The van der Waals surface area contributed by atoms with Gasteiger partial charge in [-0.25, -0.2) is 0 Å². The number of hydrogen-bond acceptors (Lipinski definition) is 4. The summed E-state index contributed by atoms with van der Waals surface area (Å²) >= 11 is 0. The molecule has 1 aliphatic heterocycles. The monoisotopic (exact) mass is 466 g/mol. The number of rotatable bonds is 6. The molecular formula is C25H36Cl2N2O2. The summed E-state index contributed by atoms with van der Waals surface area (Å²) < 4.78 is 5.97. The second kappa shape index (κ2) is 12.1. The van der Waals surface area contributed by atoms with Crippen molar-refractivity contribution in [2.45, 2.75) is 43.6 Å². The summed E-state index contributed by atoms with van der Waals surface area (Å²) in [4.78, 5) is 4.92. The van der Waals surface area contributed by atoms with Gasteiger partial charge in [0.2, 0.25) is 0 Å². The van der Waals surface area contributed by atoms with Gasteiger partial charge in [-0.05, 0) is 49.7 Å². The maximum atomic E-state index is 11.6. The summed E-state index contributed by atoms with van der Waals surface area (Å²) in [6, 6.07) is 18.3. The van der Waals surface area contributed by atoms with Crippen LogP contribution in [0, 0.1) is 0 Å². The van der Waals surface area contributed by atoms with E-state index < -0.39 is 5.60 Å². The van der Waals surface area contributed by atoms with E-state index in [0.717, 1.165) is 69.9 Å². The summed E-state index contributed by atoms with van der Waals surface area (Å²) in [5, 5.41) is 11.6. The molecule has 1 aliphatic carbocycles. The lowest BCUT2D eigenvalue weighted by Gasteiger charge is -2.43. The third-order valence-electron chi connectivity index (χ3n) is 6.67. The molecule has 4 nitrogen and oxygen atoms in total. The fraction of sp³-hybridized carbons (Fsp3) is 0.520. The van der Waals surface area contributed by atoms with Gasteiger partial charge in [-0.3, -0.25) is 0 Å². The van der Waals surface area contributed by atoms with Crippen molar-refractivity contribution in [3.05, 3.63) is 60.2 Å². The Morgan fingerprint density at radius 3 is 2.03 bits per heavy atom. The Balaban J connectivity index is 0.00000171. The largest absolute Gasteiger partial charge is 0.457 e. The zero-order valence-corrected chi connectivity index (χ0v) is 20.0. The number of nitrogens with zero attached hydrogens (tertiary/aromatic N) is 2. The average Bonchev–Trinajstić information content (AvgIpc) is 2.75. The van der Waals surface area contributed by atoms with Gasteiger partial charge in [0.1, 0.15) is 11.5 Å². The van der Waals surface area contributed by atoms with Gasteiger partial charge in [-0.2, -0.15) is 0 Å². The molecule has 2 aromatic rings. The van der Waals surface area contributed by atoms with Crippen molar-refractivity contribution >= 4 is 24.8 Å². The number of para-hydroxylation sites is 1. The van der Waals surface area contributed by atoms with E-state index in [0.29, 0.717) is 0 Å². The van der Waals surface area contributed by atoms with Crippen LogP contribution >= 0.6 is 24.8 Å². The molecule has 31 heavy (non-hydrogen) atoms. The number of benzene rings is 2. The highest BCUT2D eigenvalue weighted by Gasteiger charge is 2.39. The minimum atomic E-state index is -0.594. The van der Waals surface area contributed by atoms with E-state index >= 15 is 0 Å². The number of piperazine rings is 1. The highest BCUT2D eigenvalue weighted by Crippen LogP contribution is 2.41. The van der Waals surface area contributed by atoms with E-state index in [4.69, 9.17) is 4.74 Å². The lowest BCUT2D eigenvalue weighted by molar-refractivity contribution is -0.0337. The Bertz CT molecular complexity index is 759. The molecule has 0 radical (unpaired) electrons. The molecule has 1 saturated heterocycles. The number of halogens is 2. The first-order valence-corrected chi connectivity index (χ1v) is 11.1. The molecule has 4 rings (SSSR count). The molecule has 0 spiro atoms. The summed E-state index contributed by atoms with van der Waals surface area (Å²) in [5.41, 5.74) is 0.636. The summed E-state index contributed by atoms with van der Waals surface area (Å²) in [6.07, 6.45) is 5.32. The molecule has 1 saturated carbocycles. The van der Waals surface area contributed by atoms with Crippen LogP contribution in [0.25, 0.3) is 0 Å². The van der Waals surface area contributed by atoms with E-state index in [9.17, 15) is 5.11 Å². The van der Waals surface area contributed by atoms with Crippen molar-refractivity contribution in [3.8, 4) is 11.5 Å². The molecule has 1 unspecified atom stereocenters. The maximum absolute atomic E-state index is 11.6. The molecule has 1 atom stereocenters. The van der Waals surface area contributed by atoms with Crippen molar-refractivity contribution < 1.29 is 9.84 Å². The van der Waals surface area contributed by atoms with Gasteiger partial charge in [0.05, 0.1) is 5.60 Å². The van der Waals surface area contributed by atoms with Gasteiger partial charge in [0.25, 0.3) is 0 Å². The first-order valence-electron chi connectivity index (χ1n) is 11.1. The normalized spacial score (nSPS) is 20.2. The van der Waals surface area contributed by atoms with Crippen LogP contribution in [0.3, 0.4) is 0 Å². The Morgan fingerprint density at radius 1 is 0.839 bits per heavy atom. The van der Waals surface area contributed by atoms with Crippen LogP contribution in [0.2, 0.25) is 0 Å². The summed E-state index contributed by atoms with van der Waals surface area (Å²) in [7, 11) is 2.19. The van der Waals surface area contributed by atoms with Crippen LogP contribution in [-0.2, 0) is 0 Å². The average molecular weight is 467 g/mol. The van der Waals surface area contributed by atoms with Crippen molar-refractivity contribution in [3.63, 3.8) is 0 Å². The Labute approximate surface area is 199 Å². The molecule has 6 heteroatoms. The van der Waals surface area contributed by atoms with Gasteiger partial charge in [0, 0.05) is 38.6 Å². The van der Waals surface area contributed by atoms with E-state index in [-0.39, 0.29) is 30.7 Å². The molecule has 172 valence electrons. The topological polar surface area (TPSA) is 35.9 Å². The predicted octanol–water partition coefficient (Wildman–Crippen LogP) is 5.35. The predicted molar refractivity (Wildman–Crippen MR) is 132 cm³/mol. The second-order valence-electron chi connectivity index (χ2n) is 8.80. The molecule has 1 heterocycles. The molecule has 2 aromatic carbocycles. The van der Waals surface area contributed by atoms with E-state index in [2.05, 4.69) is 29.0 Å². The van der Waals surface area contributed by atoms with Crippen LogP contribution in [0.1, 0.15) is 43.6 Å². The minimum Gasteiger partial charge on any atom is -0.457 e. The number of ether oxygens (including phenoxy) is 1. The quantitative estimate of drug-likeness (QED) is 0.622. The lowest BCUT2D eigenvalue weighted by Crippen LogP contribution is -2.50. The van der Waals surface area contributed by atoms with Gasteiger partial charge in [-0.15, -0.1) is 24.8 Å². The van der Waals surface area contributed by atoms with E-state index in [1.165, 1.54) is 12.0 Å². The highest BCUT2D eigenvalue weighted by molar-refractivity contribution is 5.85. The zero-order valence-electron chi connectivity index (χ0n) is 18.4. The molecule has 0 aromatic heterocycles. The molecular weight excluding hydrogens is 431 g/mol. The Kier molecular flexibility index (Phi) is 10.1. The van der Waals surface area contributed by atoms with Crippen molar-refractivity contribution in [2.24, 2.45) is 0 Å². The number of likely N-dealkylation sites (N-methyl/N-ethyl adjacent to an activating group) is 1. The Hall–Kier alpha value is -1.30. The van der Waals surface area contributed by atoms with Crippen molar-refractivity contribution in [1.29, 1.82) is 0 Å². The summed E-state index contributed by atoms with van der Waals surface area (Å²) in [5.74, 6) is 1.84. The van der Waals surface area contributed by atoms with Gasteiger partial charge >= 0.3 is 0 Å². The fourth-order valence-electron chi connectivity index (χ4n) is 4.78. The maximum Gasteiger partial charge on any atom is 0.127 e. The number of hydrogen-bond donors (Lipinski definition) is 1. The molecule has 1 N–H and O–H groups in total. The van der Waals surface area contributed by atoms with Gasteiger partial charge in [0.15, 0.2) is 0 Å². The fourth-order valence-corrected chi connectivity index (χ4v) is 4.78. The smallest absolute Gasteiger partial charge is 0.127 e. The van der Waals surface area contributed by atoms with Crippen LogP contribution < -0.4 is 4.74 Å². The molecule has 2 fully saturated rings. The second-order valence-corrected chi connectivity index (χ2v) is 8.80. The van der Waals surface area contributed by atoms with Crippen LogP contribution in [0.4, 0.5) is 0 Å². The first kappa shape index (κ1) is 26.0. The van der Waals surface area contributed by atoms with Crippen molar-refractivity contribution in [1.82, 2.24) is 9.80 Å². The summed E-state index contributed by atoms with van der Waals surface area (Å²) in [6.45, 7) is 5.31. The van der Waals surface area contributed by atoms with Crippen LogP contribution in [0.15, 0.2) is 54.6 Å². The lowest BCUT2D eigenvalue weighted by atomic mass is 9.72. The Morgan fingerprint density at radius 2 is 1.42 bits per heavy atom. The first-order chi connectivity index (χ1) is 14.1. The molecule has 2 aliphatic rings. The van der Waals surface area contributed by atoms with Gasteiger partial charge < -0.3 is 19.6 Å². The van der Waals surface area contributed by atoms with Crippen molar-refractivity contribution in [2.75, 3.05) is 39.8 Å². The van der Waals surface area contributed by atoms with E-state index in [1.807, 2.05) is 42.5 Å². The van der Waals surface area contributed by atoms with Crippen LogP contribution in [-0.4, -0.2) is 60.3 Å². The molecule has 0 bridgehead atoms. The minimum absolute atomic E-state index is 0. The SMILES string of the molecule is CN1CCN(CC(c2ccc(Oc3ccccc3)cc2)C2(O)CCCCC2)CC1.Cl.Cl. The standard InChI is InChI=1S/C25H34N2O2.2ClH/c1-26-16-18-27(19-17-26)20-24(25(28)14-6-3-7-15-25)21-10-12-23(13-11-21)29-22-8-4-2-5-9-22;;/h2,4-5,8-13,24,28H,3,6-7,14-20H2,1H3;2*1H. The van der Waals surface area contributed by atoms with Gasteiger partial charge in [-0.1, -0.05) is 49.6 Å². The third-order valence-corrected chi connectivity index (χ3v) is 6.67. The van der Waals surface area contributed by atoms with E-state index in [1.54, 1.807) is 0 Å². The third kappa shape index (κ3) is 6.84. The molecule has 0 amide bonds. The van der Waals surface area contributed by atoms with Crippen LogP contribution in [0.5, 0.6) is 11.5 Å². The zero-order chi connectivity index (χ0) is 20.1. The highest BCUT2D eigenvalue weighted by atomic mass is 35.5.